The van der Waals surface area contributed by atoms with Crippen molar-refractivity contribution in [1.82, 2.24) is 0 Å². The van der Waals surface area contributed by atoms with Crippen molar-refractivity contribution in [1.29, 1.82) is 0 Å². The predicted molar refractivity (Wildman–Crippen MR) is 398 cm³/mol. The highest BCUT2D eigenvalue weighted by molar-refractivity contribution is 5.70. The summed E-state index contributed by atoms with van der Waals surface area (Å²) in [6, 6.07) is 0. The number of carbonyl (C=O) groups is 3. The van der Waals surface area contributed by atoms with Crippen LogP contribution in [0.3, 0.4) is 0 Å². The Balaban J connectivity index is 3.99. The second-order valence-corrected chi connectivity index (χ2v) is 27.6. The average molecular weight is 1300 g/mol. The maximum absolute atomic E-state index is 13.0. The van der Waals surface area contributed by atoms with Crippen LogP contribution in [0.25, 0.3) is 0 Å². The third-order valence-corrected chi connectivity index (χ3v) is 17.3. The summed E-state index contributed by atoms with van der Waals surface area (Å²) in [5.41, 5.74) is 0. The smallest absolute Gasteiger partial charge is 0.306 e. The van der Waals surface area contributed by atoms with Gasteiger partial charge in [0.05, 0.1) is 40.3 Å². The van der Waals surface area contributed by atoms with E-state index in [0.717, 1.165) is 83.5 Å². The lowest BCUT2D eigenvalue weighted by atomic mass is 10.0. The van der Waals surface area contributed by atoms with E-state index >= 15 is 0 Å². The fourth-order valence-electron chi connectivity index (χ4n) is 11.3. The summed E-state index contributed by atoms with van der Waals surface area (Å²) in [5, 5.41) is 11.9. The van der Waals surface area contributed by atoms with Gasteiger partial charge >= 0.3 is 11.9 Å². The minimum atomic E-state index is -1.63. The zero-order chi connectivity index (χ0) is 67.5. The molecule has 0 radical (unpaired) electrons. The third-order valence-electron chi connectivity index (χ3n) is 17.3. The predicted octanol–water partition coefficient (Wildman–Crippen LogP) is 23.8. The fraction of sp³-hybridized carbons (Fsp3) is 0.774. The van der Waals surface area contributed by atoms with Gasteiger partial charge in [-0.25, -0.2) is 0 Å². The standard InChI is InChI=1S/C84H149NO8/c1-6-8-10-12-14-16-18-20-22-24-26-28-30-32-34-36-37-38-39-40-41-42-43-44-45-47-48-50-52-54-56-58-60-62-64-66-68-70-72-74-81(86)91-78-80(79-92-84(83(88)89)90-77-76-85(3,4)5)93-82(87)75-73-71-69-67-65-63-61-59-57-55-53-51-49-46-35-33-31-29-27-25-23-21-19-17-15-13-11-9-7-2/h9,11,15,17-18,20-21,23-24,26-27,29-30,32-33,35,80,84H,6-8,10,12-14,16,19,22,25,28,31,34,36-79H2,1-5H3/b11-9-,17-15-,20-18-,23-21-,26-24-,29-27-,32-30-,35-33-. The Bertz CT molecular complexity index is 1850. The number of carbonyl (C=O) groups excluding carboxylic acids is 3. The Morgan fingerprint density at radius 2 is 0.613 bits per heavy atom. The lowest BCUT2D eigenvalue weighted by Gasteiger charge is -2.26. The van der Waals surface area contributed by atoms with Gasteiger partial charge in [0.25, 0.3) is 0 Å². The molecule has 0 rings (SSSR count). The largest absolute Gasteiger partial charge is 0.545 e. The Labute approximate surface area is 575 Å². The van der Waals surface area contributed by atoms with Crippen molar-refractivity contribution in [2.75, 3.05) is 47.5 Å². The fourth-order valence-corrected chi connectivity index (χ4v) is 11.3. The number of ether oxygens (including phenoxy) is 4. The van der Waals surface area contributed by atoms with Crippen molar-refractivity contribution in [2.45, 2.75) is 373 Å². The first-order valence-corrected chi connectivity index (χ1v) is 39.4. The molecule has 0 amide bonds. The number of nitrogens with zero attached hydrogens (tertiary/aromatic N) is 1. The molecule has 538 valence electrons. The second-order valence-electron chi connectivity index (χ2n) is 27.6. The van der Waals surface area contributed by atoms with Crippen molar-refractivity contribution >= 4 is 17.9 Å². The molecule has 93 heavy (non-hydrogen) atoms. The van der Waals surface area contributed by atoms with Crippen LogP contribution in [-0.4, -0.2) is 82.3 Å². The van der Waals surface area contributed by atoms with Crippen LogP contribution in [0.15, 0.2) is 97.2 Å². The minimum absolute atomic E-state index is 0.146. The number of unbranched alkanes of at least 4 members (excludes halogenated alkanes) is 42. The summed E-state index contributed by atoms with van der Waals surface area (Å²) in [5.74, 6) is -2.27. The number of esters is 2. The monoisotopic (exact) mass is 1300 g/mol. The van der Waals surface area contributed by atoms with Gasteiger partial charge in [0.2, 0.25) is 0 Å². The van der Waals surface area contributed by atoms with Crippen LogP contribution in [0.2, 0.25) is 0 Å². The number of allylic oxidation sites excluding steroid dienone is 16. The van der Waals surface area contributed by atoms with Gasteiger partial charge in [0.1, 0.15) is 13.2 Å². The molecule has 0 aliphatic rings. The van der Waals surface area contributed by atoms with Gasteiger partial charge in [-0.3, -0.25) is 9.59 Å². The zero-order valence-electron chi connectivity index (χ0n) is 61.6. The number of quaternary nitrogens is 1. The minimum Gasteiger partial charge on any atom is -0.545 e. The van der Waals surface area contributed by atoms with Gasteiger partial charge in [-0.1, -0.05) is 349 Å². The van der Waals surface area contributed by atoms with Crippen molar-refractivity contribution in [3.63, 3.8) is 0 Å². The molecule has 0 bridgehead atoms. The quantitative estimate of drug-likeness (QED) is 0.0195. The molecule has 0 N–H and O–H groups in total. The topological polar surface area (TPSA) is 111 Å². The van der Waals surface area contributed by atoms with Crippen LogP contribution < -0.4 is 5.11 Å². The molecular weight excluding hydrogens is 1150 g/mol. The number of hydrogen-bond donors (Lipinski definition) is 0. The molecule has 9 heteroatoms. The number of carboxylic acid groups (broad SMARTS) is 1. The van der Waals surface area contributed by atoms with Gasteiger partial charge < -0.3 is 33.3 Å². The lowest BCUT2D eigenvalue weighted by Crippen LogP contribution is -2.44. The SMILES string of the molecule is CC/C=C\C/C=C\C/C=C\C/C=C\C/C=C\CCCCCCCCCCCCCCCC(=O)OC(COC(=O)CCCCCCCCCCCCCCCCCCCCCCCCCC/C=C\C/C=C\C/C=C\CCCCCCC)COC(OCC[N+](C)(C)C)C(=O)[O-]. The number of carboxylic acids is 1. The molecule has 9 nitrogen and oxygen atoms in total. The molecule has 0 aliphatic heterocycles. The molecule has 0 fully saturated rings. The van der Waals surface area contributed by atoms with E-state index < -0.39 is 24.3 Å². The van der Waals surface area contributed by atoms with Gasteiger partial charge in [-0.05, 0) is 96.3 Å². The van der Waals surface area contributed by atoms with Gasteiger partial charge in [-0.2, -0.15) is 0 Å². The summed E-state index contributed by atoms with van der Waals surface area (Å²) >= 11 is 0. The van der Waals surface area contributed by atoms with Crippen LogP contribution in [-0.2, 0) is 33.3 Å². The molecule has 0 aromatic rings. The van der Waals surface area contributed by atoms with Crippen LogP contribution >= 0.6 is 0 Å². The van der Waals surface area contributed by atoms with Crippen molar-refractivity contribution in [2.24, 2.45) is 0 Å². The van der Waals surface area contributed by atoms with Gasteiger partial charge in [0.15, 0.2) is 12.4 Å². The van der Waals surface area contributed by atoms with Crippen molar-refractivity contribution < 1.29 is 42.9 Å². The van der Waals surface area contributed by atoms with Crippen LogP contribution in [0.4, 0.5) is 0 Å². The van der Waals surface area contributed by atoms with Crippen LogP contribution in [0, 0.1) is 0 Å². The first-order valence-electron chi connectivity index (χ1n) is 39.4. The Morgan fingerprint density at radius 3 is 0.914 bits per heavy atom. The summed E-state index contributed by atoms with van der Waals surface area (Å²) in [4.78, 5) is 37.6. The van der Waals surface area contributed by atoms with E-state index in [1.807, 2.05) is 21.1 Å². The molecule has 0 saturated carbocycles. The number of likely N-dealkylation sites (N-methyl/N-ethyl adjacent to an activating group) is 1. The average Bonchev–Trinajstić information content (AvgIpc) is 3.74. The highest BCUT2D eigenvalue weighted by Gasteiger charge is 2.22. The molecule has 0 spiro atoms. The van der Waals surface area contributed by atoms with Crippen molar-refractivity contribution in [3.8, 4) is 0 Å². The van der Waals surface area contributed by atoms with Gasteiger partial charge in [-0.15, -0.1) is 0 Å². The molecule has 0 aromatic heterocycles. The first kappa shape index (κ1) is 89.2. The van der Waals surface area contributed by atoms with E-state index in [1.54, 1.807) is 0 Å². The summed E-state index contributed by atoms with van der Waals surface area (Å²) < 4.78 is 22.9. The second kappa shape index (κ2) is 74.0. The third kappa shape index (κ3) is 75.5. The maximum atomic E-state index is 13.0. The molecular formula is C84H149NO8. The van der Waals surface area contributed by atoms with E-state index in [2.05, 4.69) is 111 Å². The van der Waals surface area contributed by atoms with Crippen LogP contribution in [0.5, 0.6) is 0 Å². The van der Waals surface area contributed by atoms with E-state index in [4.69, 9.17) is 18.9 Å². The number of rotatable bonds is 73. The number of hydrogen-bond acceptors (Lipinski definition) is 8. The van der Waals surface area contributed by atoms with Gasteiger partial charge in [0, 0.05) is 12.8 Å². The van der Waals surface area contributed by atoms with E-state index in [0.29, 0.717) is 23.9 Å². The molecule has 0 aliphatic carbocycles. The molecule has 0 saturated heterocycles. The maximum Gasteiger partial charge on any atom is 0.306 e. The molecule has 2 atom stereocenters. The highest BCUT2D eigenvalue weighted by atomic mass is 16.7. The molecule has 0 aromatic carbocycles. The van der Waals surface area contributed by atoms with Crippen molar-refractivity contribution in [3.05, 3.63) is 97.2 Å². The van der Waals surface area contributed by atoms with E-state index in [1.165, 1.54) is 244 Å². The summed E-state index contributed by atoms with van der Waals surface area (Å²) in [6.07, 6.45) is 99.5. The van der Waals surface area contributed by atoms with Crippen LogP contribution in [0.1, 0.15) is 361 Å². The van der Waals surface area contributed by atoms with E-state index in [9.17, 15) is 19.5 Å². The summed E-state index contributed by atoms with van der Waals surface area (Å²) in [6.45, 7) is 4.66. The molecule has 2 unspecified atom stereocenters. The Kier molecular flexibility index (Phi) is 71.0. The number of aliphatic carboxylic acids is 1. The summed E-state index contributed by atoms with van der Waals surface area (Å²) in [7, 11) is 5.94. The highest BCUT2D eigenvalue weighted by Crippen LogP contribution is 2.19. The zero-order valence-corrected chi connectivity index (χ0v) is 61.6. The normalized spacial score (nSPS) is 13.2. The Hall–Kier alpha value is -3.79. The van der Waals surface area contributed by atoms with E-state index in [-0.39, 0.29) is 32.2 Å². The Morgan fingerprint density at radius 1 is 0.333 bits per heavy atom. The lowest BCUT2D eigenvalue weighted by molar-refractivity contribution is -0.870. The molecule has 0 heterocycles. The first-order chi connectivity index (χ1) is 45.6.